The van der Waals surface area contributed by atoms with Crippen molar-refractivity contribution in [1.29, 1.82) is 0 Å². The van der Waals surface area contributed by atoms with Crippen molar-refractivity contribution in [3.63, 3.8) is 0 Å². The Labute approximate surface area is 228 Å². The Morgan fingerprint density at radius 2 is 1.71 bits per heavy atom. The van der Waals surface area contributed by atoms with Gasteiger partial charge in [0.05, 0.1) is 34.0 Å². The molecule has 0 bridgehead atoms. The highest BCUT2D eigenvalue weighted by atomic mass is 79.9. The molecule has 3 aromatic rings. The van der Waals surface area contributed by atoms with Crippen LogP contribution in [0.15, 0.2) is 70.0 Å². The third-order valence-electron chi connectivity index (χ3n) is 5.30. The summed E-state index contributed by atoms with van der Waals surface area (Å²) in [4.78, 5) is 47.8. The Morgan fingerprint density at radius 3 is 2.39 bits per heavy atom. The molecule has 4 rings (SSSR count). The quantitative estimate of drug-likeness (QED) is 0.149. The van der Waals surface area contributed by atoms with E-state index in [2.05, 4.69) is 15.9 Å². The average Bonchev–Trinajstić information content (AvgIpc) is 3.14. The predicted octanol–water partition coefficient (Wildman–Crippen LogP) is 6.69. The number of hydrogen-bond acceptors (Lipinski definition) is 9. The lowest BCUT2D eigenvalue weighted by Crippen LogP contribution is -2.27. The number of non-ortho nitro benzene ring substituents is 1. The topological polar surface area (TPSA) is 142 Å². The summed E-state index contributed by atoms with van der Waals surface area (Å²) in [6, 6.07) is 15.0. The fourth-order valence-corrected chi connectivity index (χ4v) is 4.77. The number of halogens is 1. The summed E-state index contributed by atoms with van der Waals surface area (Å²) in [5.74, 6) is -0.289. The van der Waals surface area contributed by atoms with E-state index in [-0.39, 0.29) is 35.3 Å². The van der Waals surface area contributed by atoms with Crippen molar-refractivity contribution in [3.8, 4) is 17.2 Å². The van der Waals surface area contributed by atoms with Crippen molar-refractivity contribution in [2.45, 2.75) is 13.5 Å². The number of nitro benzene ring substituents is 2. The summed E-state index contributed by atoms with van der Waals surface area (Å²) in [5.41, 5.74) is 0.296. The maximum Gasteiger partial charge on any atom is 0.318 e. The zero-order chi connectivity index (χ0) is 27.4. The van der Waals surface area contributed by atoms with E-state index in [1.165, 1.54) is 6.07 Å². The summed E-state index contributed by atoms with van der Waals surface area (Å²) in [6.45, 7) is 2.09. The minimum atomic E-state index is -0.777. The highest BCUT2D eigenvalue weighted by Crippen LogP contribution is 2.40. The molecule has 0 N–H and O–H groups in total. The molecule has 0 unspecified atom stereocenters. The number of hydrogen-bond donors (Lipinski definition) is 0. The van der Waals surface area contributed by atoms with Gasteiger partial charge in [-0.15, -0.1) is 0 Å². The van der Waals surface area contributed by atoms with Gasteiger partial charge in [0.15, 0.2) is 11.5 Å². The molecule has 38 heavy (non-hydrogen) atoms. The molecule has 11 nitrogen and oxygen atoms in total. The standard InChI is InChI=1S/C25H18BrN3O8S/c1-2-36-22-11-15(7-9-21(22)37-20-10-8-17(28(32)33)13-19(20)29(34)35)12-23-24(30)27(25(31)38-23)14-16-5-3-4-6-18(16)26/h3-13H,2,14H2,1H3/b23-12+. The first-order valence-corrected chi connectivity index (χ1v) is 12.6. The van der Waals surface area contributed by atoms with Crippen molar-refractivity contribution < 1.29 is 28.9 Å². The van der Waals surface area contributed by atoms with Gasteiger partial charge in [0.2, 0.25) is 5.75 Å². The van der Waals surface area contributed by atoms with Gasteiger partial charge in [0, 0.05) is 10.5 Å². The molecule has 0 aliphatic carbocycles. The maximum absolute atomic E-state index is 13.0. The van der Waals surface area contributed by atoms with E-state index in [0.29, 0.717) is 5.56 Å². The highest BCUT2D eigenvalue weighted by molar-refractivity contribution is 9.10. The first kappa shape index (κ1) is 26.8. The molecule has 1 heterocycles. The molecule has 0 saturated carbocycles. The lowest BCUT2D eigenvalue weighted by Gasteiger charge is -2.13. The van der Waals surface area contributed by atoms with Crippen LogP contribution in [0.3, 0.4) is 0 Å². The van der Waals surface area contributed by atoms with Crippen LogP contribution in [0, 0.1) is 20.2 Å². The van der Waals surface area contributed by atoms with E-state index >= 15 is 0 Å². The lowest BCUT2D eigenvalue weighted by atomic mass is 10.1. The zero-order valence-corrected chi connectivity index (χ0v) is 22.1. The number of carbonyl (C=O) groups excluding carboxylic acids is 2. The summed E-state index contributed by atoms with van der Waals surface area (Å²) < 4.78 is 12.1. The normalized spacial score (nSPS) is 14.2. The predicted molar refractivity (Wildman–Crippen MR) is 143 cm³/mol. The van der Waals surface area contributed by atoms with Crippen LogP contribution >= 0.6 is 27.7 Å². The molecular formula is C25H18BrN3O8S. The number of amides is 2. The van der Waals surface area contributed by atoms with Crippen LogP contribution in [0.4, 0.5) is 16.2 Å². The number of nitrogens with zero attached hydrogens (tertiary/aromatic N) is 3. The minimum Gasteiger partial charge on any atom is -0.490 e. The fourth-order valence-electron chi connectivity index (χ4n) is 3.52. The Kier molecular flexibility index (Phi) is 8.08. The number of ether oxygens (including phenoxy) is 2. The Hall–Kier alpha value is -4.23. The van der Waals surface area contributed by atoms with Gasteiger partial charge in [0.25, 0.3) is 16.8 Å². The monoisotopic (exact) mass is 599 g/mol. The molecule has 1 fully saturated rings. The van der Waals surface area contributed by atoms with Gasteiger partial charge in [-0.25, -0.2) is 0 Å². The second-order valence-electron chi connectivity index (χ2n) is 7.77. The van der Waals surface area contributed by atoms with Crippen molar-refractivity contribution in [2.24, 2.45) is 0 Å². The van der Waals surface area contributed by atoms with E-state index < -0.39 is 32.4 Å². The average molecular weight is 600 g/mol. The fraction of sp³-hybridized carbons (Fsp3) is 0.120. The first-order chi connectivity index (χ1) is 18.2. The van der Waals surface area contributed by atoms with Gasteiger partial charge in [-0.3, -0.25) is 34.7 Å². The summed E-state index contributed by atoms with van der Waals surface area (Å²) >= 11 is 4.24. The number of benzene rings is 3. The first-order valence-electron chi connectivity index (χ1n) is 11.0. The maximum atomic E-state index is 13.0. The van der Waals surface area contributed by atoms with Gasteiger partial charge in [0.1, 0.15) is 0 Å². The molecule has 1 saturated heterocycles. The van der Waals surface area contributed by atoms with Crippen molar-refractivity contribution in [2.75, 3.05) is 6.61 Å². The van der Waals surface area contributed by atoms with Crippen LogP contribution in [-0.2, 0) is 11.3 Å². The smallest absolute Gasteiger partial charge is 0.318 e. The second-order valence-corrected chi connectivity index (χ2v) is 9.61. The number of rotatable bonds is 9. The van der Waals surface area contributed by atoms with Crippen molar-refractivity contribution in [1.82, 2.24) is 4.90 Å². The van der Waals surface area contributed by atoms with Crippen molar-refractivity contribution >= 4 is 56.3 Å². The SMILES string of the molecule is CCOc1cc(/C=C2/SC(=O)N(Cc3ccccc3Br)C2=O)ccc1Oc1ccc([N+](=O)[O-])cc1[N+](=O)[O-]. The van der Waals surface area contributed by atoms with E-state index in [1.54, 1.807) is 25.1 Å². The van der Waals surface area contributed by atoms with E-state index in [0.717, 1.165) is 44.9 Å². The third kappa shape index (κ3) is 5.84. The van der Waals surface area contributed by atoms with Gasteiger partial charge < -0.3 is 9.47 Å². The van der Waals surface area contributed by atoms with Gasteiger partial charge in [-0.2, -0.15) is 0 Å². The van der Waals surface area contributed by atoms with Crippen LogP contribution < -0.4 is 9.47 Å². The molecular weight excluding hydrogens is 582 g/mol. The highest BCUT2D eigenvalue weighted by Gasteiger charge is 2.35. The molecule has 3 aromatic carbocycles. The van der Waals surface area contributed by atoms with Gasteiger partial charge in [-0.1, -0.05) is 40.2 Å². The molecule has 194 valence electrons. The van der Waals surface area contributed by atoms with E-state index in [4.69, 9.17) is 9.47 Å². The molecule has 2 amide bonds. The van der Waals surface area contributed by atoms with E-state index in [9.17, 15) is 29.8 Å². The van der Waals surface area contributed by atoms with Crippen LogP contribution in [0.1, 0.15) is 18.1 Å². The van der Waals surface area contributed by atoms with Crippen LogP contribution in [-0.4, -0.2) is 32.5 Å². The zero-order valence-electron chi connectivity index (χ0n) is 19.7. The number of carbonyl (C=O) groups is 2. The minimum absolute atomic E-state index is 0.119. The molecule has 0 atom stereocenters. The summed E-state index contributed by atoms with van der Waals surface area (Å²) in [5, 5.41) is 22.1. The molecule has 1 aliphatic rings. The summed E-state index contributed by atoms with van der Waals surface area (Å²) in [7, 11) is 0. The van der Waals surface area contributed by atoms with Crippen LogP contribution in [0.25, 0.3) is 6.08 Å². The van der Waals surface area contributed by atoms with Gasteiger partial charge >= 0.3 is 5.69 Å². The Balaban J connectivity index is 1.60. The molecule has 0 radical (unpaired) electrons. The van der Waals surface area contributed by atoms with Crippen LogP contribution in [0.2, 0.25) is 0 Å². The molecule has 13 heteroatoms. The Bertz CT molecular complexity index is 1490. The summed E-state index contributed by atoms with van der Waals surface area (Å²) in [6.07, 6.45) is 1.55. The van der Waals surface area contributed by atoms with Gasteiger partial charge in [-0.05, 0) is 60.2 Å². The van der Waals surface area contributed by atoms with Crippen molar-refractivity contribution in [3.05, 3.63) is 101 Å². The lowest BCUT2D eigenvalue weighted by molar-refractivity contribution is -0.394. The van der Waals surface area contributed by atoms with E-state index in [1.807, 2.05) is 24.3 Å². The molecule has 1 aliphatic heterocycles. The van der Waals surface area contributed by atoms with Crippen LogP contribution in [0.5, 0.6) is 17.2 Å². The largest absolute Gasteiger partial charge is 0.490 e. The second kappa shape index (κ2) is 11.4. The Morgan fingerprint density at radius 1 is 0.974 bits per heavy atom. The molecule has 0 spiro atoms. The third-order valence-corrected chi connectivity index (χ3v) is 6.98. The number of nitro groups is 2. The number of thioether (sulfide) groups is 1. The molecule has 0 aromatic heterocycles. The number of imide groups is 1.